The molecule has 0 saturated carbocycles. The predicted molar refractivity (Wildman–Crippen MR) is 127 cm³/mol. The number of hydrogen-bond acceptors (Lipinski definition) is 5. The van der Waals surface area contributed by atoms with Gasteiger partial charge in [0.15, 0.2) is 5.78 Å². The monoisotopic (exact) mass is 427 g/mol. The van der Waals surface area contributed by atoms with E-state index >= 15 is 0 Å². The second-order valence-electron chi connectivity index (χ2n) is 7.31. The van der Waals surface area contributed by atoms with E-state index in [4.69, 9.17) is 10.5 Å². The summed E-state index contributed by atoms with van der Waals surface area (Å²) in [6, 6.07) is 12.2. The molecule has 0 unspecified atom stereocenters. The number of H-pyrrole nitrogens is 1. The molecule has 3 rings (SSSR count). The number of thioether (sulfide) groups is 1. The lowest BCUT2D eigenvalue weighted by molar-refractivity contribution is 0.101. The van der Waals surface area contributed by atoms with Gasteiger partial charge in [-0.3, -0.25) is 9.89 Å². The Morgan fingerprint density at radius 2 is 2.00 bits per heavy atom. The number of nitrogens with one attached hydrogen (secondary N) is 1. The summed E-state index contributed by atoms with van der Waals surface area (Å²) in [5, 5.41) is 8.42. The fraction of sp³-hybridized carbons (Fsp3) is 0.417. The van der Waals surface area contributed by atoms with Crippen molar-refractivity contribution in [3.8, 4) is 5.75 Å². The quantitative estimate of drug-likeness (QED) is 0.361. The maximum atomic E-state index is 11.6. The molecule has 3 aromatic rings. The first kappa shape index (κ1) is 24.0. The van der Waals surface area contributed by atoms with Crippen LogP contribution >= 0.6 is 11.8 Å². The van der Waals surface area contributed by atoms with Crippen LogP contribution in [-0.2, 0) is 6.42 Å². The fourth-order valence-electron chi connectivity index (χ4n) is 3.19. The van der Waals surface area contributed by atoms with Gasteiger partial charge in [0.05, 0.1) is 12.6 Å². The minimum absolute atomic E-state index is 0.0631. The number of nitrogens with zero attached hydrogens (tertiary/aromatic N) is 1. The Balaban J connectivity index is 0.000000396. The van der Waals surface area contributed by atoms with E-state index in [0.717, 1.165) is 40.1 Å². The molecule has 0 bridgehead atoms. The molecule has 5 nitrogen and oxygen atoms in total. The Labute approximate surface area is 183 Å². The van der Waals surface area contributed by atoms with Gasteiger partial charge in [-0.1, -0.05) is 26.3 Å². The van der Waals surface area contributed by atoms with E-state index in [1.54, 1.807) is 25.8 Å². The van der Waals surface area contributed by atoms with E-state index in [9.17, 15) is 4.79 Å². The molecule has 1 aromatic heterocycles. The number of ether oxygens (including phenoxy) is 1. The summed E-state index contributed by atoms with van der Waals surface area (Å²) < 4.78 is 5.36. The summed E-state index contributed by atoms with van der Waals surface area (Å²) in [5.41, 5.74) is 9.36. The van der Waals surface area contributed by atoms with Crippen LogP contribution in [0.25, 0.3) is 10.9 Å². The van der Waals surface area contributed by atoms with Crippen molar-refractivity contribution < 1.29 is 9.53 Å². The van der Waals surface area contributed by atoms with Gasteiger partial charge in [-0.15, -0.1) is 11.8 Å². The molecule has 1 heterocycles. The number of fused-ring (bicyclic) bond motifs is 1. The van der Waals surface area contributed by atoms with E-state index in [0.29, 0.717) is 11.6 Å². The largest absolute Gasteiger partial charge is 0.496 e. The first-order valence-electron chi connectivity index (χ1n) is 10.4. The molecule has 162 valence electrons. The highest BCUT2D eigenvalue weighted by Crippen LogP contribution is 2.30. The number of aromatic nitrogens is 2. The van der Waals surface area contributed by atoms with Gasteiger partial charge in [0.1, 0.15) is 5.75 Å². The predicted octanol–water partition coefficient (Wildman–Crippen LogP) is 5.61. The van der Waals surface area contributed by atoms with Crippen molar-refractivity contribution in [2.24, 2.45) is 5.73 Å². The number of aromatic amines is 1. The van der Waals surface area contributed by atoms with Gasteiger partial charge in [0, 0.05) is 34.0 Å². The third-order valence-corrected chi connectivity index (χ3v) is 5.81. The number of carbonyl (C=O) groups excluding carboxylic acids is 1. The van der Waals surface area contributed by atoms with Gasteiger partial charge in [0.25, 0.3) is 0 Å². The average Bonchev–Trinajstić information content (AvgIpc) is 3.16. The number of methoxy groups -OCH3 is 1. The summed E-state index contributed by atoms with van der Waals surface area (Å²) >= 11 is 1.66. The average molecular weight is 428 g/mol. The van der Waals surface area contributed by atoms with Crippen molar-refractivity contribution in [1.29, 1.82) is 0 Å². The van der Waals surface area contributed by atoms with Crippen LogP contribution in [0, 0.1) is 0 Å². The zero-order valence-corrected chi connectivity index (χ0v) is 19.4. The standard InChI is InChI=1S/C18H18N2O2S.C6H15N/c1-11(21)13-5-6-15-14(10-13)16(20-19-15)8-12-4-7-17(22-2)18(9-12)23-3;1-3-5-6(7)4-2/h4-7,9-10H,8H2,1-3H3,(H,19,20);6H,3-5,7H2,1-2H3/t;6-/m.1/s1. The fourth-order valence-corrected chi connectivity index (χ4v) is 3.81. The van der Waals surface area contributed by atoms with Crippen LogP contribution in [-0.4, -0.2) is 35.4 Å². The molecule has 6 heteroatoms. The van der Waals surface area contributed by atoms with Crippen molar-refractivity contribution in [2.45, 2.75) is 57.4 Å². The molecule has 30 heavy (non-hydrogen) atoms. The normalized spacial score (nSPS) is 11.7. The van der Waals surface area contributed by atoms with Crippen LogP contribution in [0.5, 0.6) is 5.75 Å². The van der Waals surface area contributed by atoms with Crippen LogP contribution in [0.2, 0.25) is 0 Å². The van der Waals surface area contributed by atoms with E-state index in [1.807, 2.05) is 30.5 Å². The molecular formula is C24H33N3O2S. The first-order valence-corrected chi connectivity index (χ1v) is 11.6. The van der Waals surface area contributed by atoms with Crippen molar-refractivity contribution in [1.82, 2.24) is 10.2 Å². The lowest BCUT2D eigenvalue weighted by Gasteiger charge is -2.08. The minimum Gasteiger partial charge on any atom is -0.496 e. The maximum Gasteiger partial charge on any atom is 0.159 e. The highest BCUT2D eigenvalue weighted by Gasteiger charge is 2.10. The van der Waals surface area contributed by atoms with Crippen LogP contribution in [0.4, 0.5) is 0 Å². The van der Waals surface area contributed by atoms with Gasteiger partial charge in [-0.05, 0) is 61.9 Å². The number of ketones is 1. The number of Topliss-reactive ketones (excluding diaryl/α,β-unsaturated/α-hetero) is 1. The Hall–Kier alpha value is -2.31. The van der Waals surface area contributed by atoms with Crippen LogP contribution in [0.1, 0.15) is 61.6 Å². The highest BCUT2D eigenvalue weighted by molar-refractivity contribution is 7.98. The zero-order chi connectivity index (χ0) is 22.1. The van der Waals surface area contributed by atoms with E-state index in [2.05, 4.69) is 36.2 Å². The number of nitrogens with two attached hydrogens (primary N) is 1. The summed E-state index contributed by atoms with van der Waals surface area (Å²) in [6.45, 7) is 5.87. The van der Waals surface area contributed by atoms with Gasteiger partial charge < -0.3 is 10.5 Å². The zero-order valence-electron chi connectivity index (χ0n) is 18.6. The van der Waals surface area contributed by atoms with Gasteiger partial charge in [-0.25, -0.2) is 0 Å². The minimum atomic E-state index is 0.0631. The van der Waals surface area contributed by atoms with Crippen molar-refractivity contribution in [3.63, 3.8) is 0 Å². The molecule has 3 N–H and O–H groups in total. The molecule has 0 radical (unpaired) electrons. The van der Waals surface area contributed by atoms with Crippen LogP contribution in [0.3, 0.4) is 0 Å². The lowest BCUT2D eigenvalue weighted by Crippen LogP contribution is -2.17. The summed E-state index contributed by atoms with van der Waals surface area (Å²) in [5.74, 6) is 0.947. The lowest BCUT2D eigenvalue weighted by atomic mass is 10.0. The first-order chi connectivity index (χ1) is 14.4. The molecule has 0 aliphatic carbocycles. The molecule has 0 spiro atoms. The summed E-state index contributed by atoms with van der Waals surface area (Å²) in [7, 11) is 1.68. The molecule has 1 atom stereocenters. The number of benzene rings is 2. The number of rotatable bonds is 8. The Morgan fingerprint density at radius 1 is 1.23 bits per heavy atom. The van der Waals surface area contributed by atoms with Gasteiger partial charge in [0.2, 0.25) is 0 Å². The Kier molecular flexibility index (Phi) is 9.40. The molecule has 0 aliphatic rings. The van der Waals surface area contributed by atoms with Crippen molar-refractivity contribution in [3.05, 3.63) is 53.2 Å². The van der Waals surface area contributed by atoms with Gasteiger partial charge >= 0.3 is 0 Å². The summed E-state index contributed by atoms with van der Waals surface area (Å²) in [6.07, 6.45) is 6.28. The molecule has 2 aromatic carbocycles. The molecule has 0 amide bonds. The second-order valence-corrected chi connectivity index (χ2v) is 8.16. The second kappa shape index (κ2) is 11.8. The van der Waals surface area contributed by atoms with E-state index in [-0.39, 0.29) is 5.78 Å². The third kappa shape index (κ3) is 6.34. The van der Waals surface area contributed by atoms with Crippen LogP contribution < -0.4 is 10.5 Å². The topological polar surface area (TPSA) is 81.0 Å². The van der Waals surface area contributed by atoms with Crippen molar-refractivity contribution in [2.75, 3.05) is 13.4 Å². The molecular weight excluding hydrogens is 394 g/mol. The summed E-state index contributed by atoms with van der Waals surface area (Å²) in [4.78, 5) is 12.7. The SMILES string of the molecule is CCC[C@H](N)CC.COc1ccc(Cc2[nH]nc3ccc(C(C)=O)cc23)cc1SC. The molecule has 0 fully saturated rings. The van der Waals surface area contributed by atoms with Gasteiger partial charge in [-0.2, -0.15) is 5.10 Å². The third-order valence-electron chi connectivity index (χ3n) is 5.05. The van der Waals surface area contributed by atoms with Crippen LogP contribution in [0.15, 0.2) is 41.3 Å². The van der Waals surface area contributed by atoms with Crippen molar-refractivity contribution >= 4 is 28.4 Å². The smallest absolute Gasteiger partial charge is 0.159 e. The molecule has 0 aliphatic heterocycles. The maximum absolute atomic E-state index is 11.6. The number of hydrogen-bond donors (Lipinski definition) is 2. The number of carbonyl (C=O) groups is 1. The van der Waals surface area contributed by atoms with E-state index < -0.39 is 0 Å². The Bertz CT molecular complexity index is 968. The molecule has 0 saturated heterocycles. The highest BCUT2D eigenvalue weighted by atomic mass is 32.2. The van der Waals surface area contributed by atoms with E-state index in [1.165, 1.54) is 18.4 Å². The Morgan fingerprint density at radius 3 is 2.57 bits per heavy atom.